The normalized spacial score (nSPS) is 23.5. The van der Waals surface area contributed by atoms with Gasteiger partial charge in [0.05, 0.1) is 24.4 Å². The molecule has 1 heterocycles. The van der Waals surface area contributed by atoms with Crippen LogP contribution in [0.25, 0.3) is 0 Å². The second-order valence-corrected chi connectivity index (χ2v) is 7.95. The van der Waals surface area contributed by atoms with Crippen molar-refractivity contribution in [2.24, 2.45) is 0 Å². The van der Waals surface area contributed by atoms with Gasteiger partial charge in [0, 0.05) is 6.54 Å². The van der Waals surface area contributed by atoms with Crippen LogP contribution in [-0.4, -0.2) is 52.6 Å². The Kier molecular flexibility index (Phi) is 6.27. The van der Waals surface area contributed by atoms with Crippen molar-refractivity contribution in [1.82, 2.24) is 4.90 Å². The summed E-state index contributed by atoms with van der Waals surface area (Å²) in [4.78, 5) is 14.0. The number of piperidine rings is 1. The quantitative estimate of drug-likeness (QED) is 0.845. The summed E-state index contributed by atoms with van der Waals surface area (Å²) in [5, 5.41) is 9.81. The van der Waals surface area contributed by atoms with E-state index in [4.69, 9.17) is 9.47 Å². The molecule has 1 atom stereocenters. The Morgan fingerprint density at radius 2 is 1.91 bits per heavy atom. The Labute approximate surface area is 135 Å². The predicted molar refractivity (Wildman–Crippen MR) is 86.9 cm³/mol. The first kappa shape index (κ1) is 19.2. The molecule has 130 valence electrons. The summed E-state index contributed by atoms with van der Waals surface area (Å²) in [5.41, 5.74) is -1.53. The van der Waals surface area contributed by atoms with Crippen molar-refractivity contribution in [3.63, 3.8) is 0 Å². The van der Waals surface area contributed by atoms with Gasteiger partial charge < -0.3 is 19.5 Å². The van der Waals surface area contributed by atoms with E-state index in [1.807, 2.05) is 20.8 Å². The molecule has 5 nitrogen and oxygen atoms in total. The van der Waals surface area contributed by atoms with Crippen molar-refractivity contribution in [2.45, 2.75) is 84.0 Å². The van der Waals surface area contributed by atoms with E-state index in [1.165, 1.54) is 0 Å². The highest BCUT2D eigenvalue weighted by Gasteiger charge is 2.38. The fourth-order valence-electron chi connectivity index (χ4n) is 2.61. The average molecular weight is 315 g/mol. The summed E-state index contributed by atoms with van der Waals surface area (Å²) < 4.78 is 11.6. The largest absolute Gasteiger partial charge is 0.444 e. The van der Waals surface area contributed by atoms with E-state index in [-0.39, 0.29) is 11.7 Å². The van der Waals surface area contributed by atoms with Crippen LogP contribution in [-0.2, 0) is 9.47 Å². The molecular formula is C17H33NO4. The Bertz CT molecular complexity index is 370. The van der Waals surface area contributed by atoms with Crippen molar-refractivity contribution in [3.05, 3.63) is 0 Å². The highest BCUT2D eigenvalue weighted by Crippen LogP contribution is 2.30. The van der Waals surface area contributed by atoms with E-state index < -0.39 is 11.2 Å². The Hall–Kier alpha value is -0.810. The molecule has 1 unspecified atom stereocenters. The molecule has 0 radical (unpaired) electrons. The van der Waals surface area contributed by atoms with E-state index in [2.05, 4.69) is 6.92 Å². The number of carbonyl (C=O) groups is 1. The monoisotopic (exact) mass is 315 g/mol. The molecule has 1 saturated heterocycles. The molecule has 1 N–H and O–H groups in total. The van der Waals surface area contributed by atoms with Crippen LogP contribution in [0.2, 0.25) is 0 Å². The van der Waals surface area contributed by atoms with E-state index in [0.717, 1.165) is 19.3 Å². The minimum Gasteiger partial charge on any atom is -0.444 e. The SMILES string of the molecule is CCC1(OCCC(C)(C)O)CCCN(C(=O)OC(C)(C)C)C1. The van der Waals surface area contributed by atoms with Crippen LogP contribution in [0.1, 0.15) is 67.2 Å². The molecule has 0 aromatic heterocycles. The molecule has 1 aliphatic rings. The van der Waals surface area contributed by atoms with Crippen LogP contribution in [0.15, 0.2) is 0 Å². The first-order chi connectivity index (χ1) is 9.96. The number of ether oxygens (including phenoxy) is 2. The second-order valence-electron chi connectivity index (χ2n) is 7.95. The Morgan fingerprint density at radius 3 is 2.41 bits per heavy atom. The highest BCUT2D eigenvalue weighted by molar-refractivity contribution is 5.68. The smallest absolute Gasteiger partial charge is 0.410 e. The molecular weight excluding hydrogens is 282 g/mol. The van der Waals surface area contributed by atoms with E-state index in [0.29, 0.717) is 26.1 Å². The number of likely N-dealkylation sites (tertiary alicyclic amines) is 1. The number of hydrogen-bond donors (Lipinski definition) is 1. The minimum absolute atomic E-state index is 0.267. The molecule has 0 aromatic carbocycles. The molecule has 1 fully saturated rings. The van der Waals surface area contributed by atoms with Gasteiger partial charge in [0.25, 0.3) is 0 Å². The van der Waals surface area contributed by atoms with Crippen molar-refractivity contribution in [3.8, 4) is 0 Å². The van der Waals surface area contributed by atoms with Crippen molar-refractivity contribution < 1.29 is 19.4 Å². The van der Waals surface area contributed by atoms with Gasteiger partial charge in [-0.3, -0.25) is 0 Å². The van der Waals surface area contributed by atoms with Crippen molar-refractivity contribution in [2.75, 3.05) is 19.7 Å². The molecule has 1 rings (SSSR count). The molecule has 1 aliphatic heterocycles. The Balaban J connectivity index is 2.62. The van der Waals surface area contributed by atoms with Crippen LogP contribution in [0.5, 0.6) is 0 Å². The maximum Gasteiger partial charge on any atom is 0.410 e. The minimum atomic E-state index is -0.728. The average Bonchev–Trinajstić information content (AvgIpc) is 2.35. The topological polar surface area (TPSA) is 59.0 Å². The van der Waals surface area contributed by atoms with Gasteiger partial charge in [-0.25, -0.2) is 4.79 Å². The van der Waals surface area contributed by atoms with E-state index in [9.17, 15) is 9.90 Å². The third-order valence-corrected chi connectivity index (χ3v) is 3.96. The lowest BCUT2D eigenvalue weighted by atomic mass is 9.90. The van der Waals surface area contributed by atoms with Crippen LogP contribution in [0.3, 0.4) is 0 Å². The zero-order valence-electron chi connectivity index (χ0n) is 15.1. The zero-order valence-corrected chi connectivity index (χ0v) is 15.1. The van der Waals surface area contributed by atoms with Gasteiger partial charge >= 0.3 is 6.09 Å². The fraction of sp³-hybridized carbons (Fsp3) is 0.941. The molecule has 0 aliphatic carbocycles. The second kappa shape index (κ2) is 7.18. The fourth-order valence-corrected chi connectivity index (χ4v) is 2.61. The first-order valence-electron chi connectivity index (χ1n) is 8.31. The highest BCUT2D eigenvalue weighted by atomic mass is 16.6. The maximum atomic E-state index is 12.3. The third-order valence-electron chi connectivity index (χ3n) is 3.96. The van der Waals surface area contributed by atoms with E-state index >= 15 is 0 Å². The van der Waals surface area contributed by atoms with Gasteiger partial charge in [-0.05, 0) is 60.3 Å². The predicted octanol–water partition coefficient (Wildman–Crippen LogP) is 3.34. The summed E-state index contributed by atoms with van der Waals surface area (Å²) in [5.74, 6) is 0. The zero-order chi connectivity index (χ0) is 17.0. The molecule has 1 amide bonds. The number of hydrogen-bond acceptors (Lipinski definition) is 4. The molecule has 0 saturated carbocycles. The molecule has 0 bridgehead atoms. The third kappa shape index (κ3) is 6.53. The molecule has 0 aromatic rings. The number of carbonyl (C=O) groups excluding carboxylic acids is 1. The van der Waals surface area contributed by atoms with E-state index in [1.54, 1.807) is 18.7 Å². The first-order valence-corrected chi connectivity index (χ1v) is 8.31. The molecule has 5 heteroatoms. The summed E-state index contributed by atoms with van der Waals surface area (Å²) in [7, 11) is 0. The maximum absolute atomic E-state index is 12.3. The van der Waals surface area contributed by atoms with Gasteiger partial charge in [0.15, 0.2) is 0 Å². The Morgan fingerprint density at radius 1 is 1.27 bits per heavy atom. The van der Waals surface area contributed by atoms with Crippen molar-refractivity contribution >= 4 is 6.09 Å². The summed E-state index contributed by atoms with van der Waals surface area (Å²) in [6.45, 7) is 13.1. The van der Waals surface area contributed by atoms with Crippen LogP contribution in [0.4, 0.5) is 4.79 Å². The lowest BCUT2D eigenvalue weighted by Crippen LogP contribution is -2.52. The van der Waals surface area contributed by atoms with Gasteiger partial charge in [0.2, 0.25) is 0 Å². The van der Waals surface area contributed by atoms with Gasteiger partial charge in [0.1, 0.15) is 5.60 Å². The standard InChI is InChI=1S/C17H33NO4/c1-7-17(21-12-10-16(5,6)20)9-8-11-18(13-17)14(19)22-15(2,3)4/h20H,7-13H2,1-6H3. The number of aliphatic hydroxyl groups is 1. The molecule has 22 heavy (non-hydrogen) atoms. The van der Waals surface area contributed by atoms with Crippen molar-refractivity contribution in [1.29, 1.82) is 0 Å². The van der Waals surface area contributed by atoms with Crippen LogP contribution < -0.4 is 0 Å². The lowest BCUT2D eigenvalue weighted by molar-refractivity contribution is -0.105. The summed E-state index contributed by atoms with van der Waals surface area (Å²) >= 11 is 0. The number of rotatable bonds is 5. The van der Waals surface area contributed by atoms with Crippen LogP contribution >= 0.6 is 0 Å². The van der Waals surface area contributed by atoms with Gasteiger partial charge in [-0.2, -0.15) is 0 Å². The van der Waals surface area contributed by atoms with Crippen LogP contribution in [0, 0.1) is 0 Å². The van der Waals surface area contributed by atoms with Gasteiger partial charge in [-0.1, -0.05) is 6.92 Å². The number of amides is 1. The van der Waals surface area contributed by atoms with Gasteiger partial charge in [-0.15, -0.1) is 0 Å². The molecule has 0 spiro atoms. The summed E-state index contributed by atoms with van der Waals surface area (Å²) in [6.07, 6.45) is 3.01. The summed E-state index contributed by atoms with van der Waals surface area (Å²) in [6, 6.07) is 0. The number of nitrogens with zero attached hydrogens (tertiary/aromatic N) is 1. The lowest BCUT2D eigenvalue weighted by Gasteiger charge is -2.42.